The summed E-state index contributed by atoms with van der Waals surface area (Å²) in [4.78, 5) is 6.58. The maximum absolute atomic E-state index is 5.98. The van der Waals surface area contributed by atoms with E-state index in [0.29, 0.717) is 0 Å². The lowest BCUT2D eigenvalue weighted by Gasteiger charge is -2.19. The summed E-state index contributed by atoms with van der Waals surface area (Å²) in [6.07, 6.45) is 0. The van der Waals surface area contributed by atoms with E-state index < -0.39 is 0 Å². The summed E-state index contributed by atoms with van der Waals surface area (Å²) in [6, 6.07) is 13.8. The quantitative estimate of drug-likeness (QED) is 0.914. The number of pyridine rings is 1. The zero-order valence-corrected chi connectivity index (χ0v) is 11.3. The Labute approximate surface area is 112 Å². The maximum atomic E-state index is 5.98. The Hall–Kier alpha value is -1.74. The van der Waals surface area contributed by atoms with E-state index >= 15 is 0 Å². The highest BCUT2D eigenvalue weighted by molar-refractivity contribution is 6.30. The van der Waals surface area contributed by atoms with E-state index in [0.717, 1.165) is 23.2 Å². The van der Waals surface area contributed by atoms with E-state index in [2.05, 4.69) is 21.3 Å². The Morgan fingerprint density at radius 1 is 1.22 bits per heavy atom. The molecule has 0 aliphatic heterocycles. The highest BCUT2D eigenvalue weighted by Gasteiger charge is 2.04. The Balaban J connectivity index is 2.13. The molecule has 0 fully saturated rings. The Kier molecular flexibility index (Phi) is 4.05. The van der Waals surface area contributed by atoms with Crippen molar-refractivity contribution in [3.63, 3.8) is 0 Å². The summed E-state index contributed by atoms with van der Waals surface area (Å²) in [5, 5.41) is 3.80. The van der Waals surface area contributed by atoms with Gasteiger partial charge in [0.2, 0.25) is 0 Å². The van der Waals surface area contributed by atoms with Gasteiger partial charge in [-0.25, -0.2) is 4.98 Å². The standard InChI is InChI=1S/C14H16ClN3/c1-16-13-7-4-8-14(17-13)18(2)10-11-5-3-6-12(15)9-11/h3-9H,10H2,1-2H3,(H,16,17). The Morgan fingerprint density at radius 3 is 2.72 bits per heavy atom. The minimum absolute atomic E-state index is 0.762. The molecular weight excluding hydrogens is 246 g/mol. The number of hydrogen-bond acceptors (Lipinski definition) is 3. The van der Waals surface area contributed by atoms with Crippen molar-refractivity contribution in [1.29, 1.82) is 0 Å². The second kappa shape index (κ2) is 5.74. The number of nitrogens with one attached hydrogen (secondary N) is 1. The Morgan fingerprint density at radius 2 is 2.00 bits per heavy atom. The van der Waals surface area contributed by atoms with Gasteiger partial charge in [-0.05, 0) is 29.8 Å². The molecule has 94 valence electrons. The van der Waals surface area contributed by atoms with Crippen LogP contribution in [0.3, 0.4) is 0 Å². The minimum atomic E-state index is 0.762. The summed E-state index contributed by atoms with van der Waals surface area (Å²) in [6.45, 7) is 0.778. The number of rotatable bonds is 4. The van der Waals surface area contributed by atoms with Gasteiger partial charge in [-0.1, -0.05) is 29.8 Å². The molecule has 0 bridgehead atoms. The van der Waals surface area contributed by atoms with Crippen LogP contribution in [0.5, 0.6) is 0 Å². The highest BCUT2D eigenvalue weighted by Crippen LogP contribution is 2.17. The molecule has 18 heavy (non-hydrogen) atoms. The zero-order valence-electron chi connectivity index (χ0n) is 10.5. The lowest BCUT2D eigenvalue weighted by atomic mass is 10.2. The van der Waals surface area contributed by atoms with Crippen molar-refractivity contribution < 1.29 is 0 Å². The highest BCUT2D eigenvalue weighted by atomic mass is 35.5. The molecule has 0 amide bonds. The van der Waals surface area contributed by atoms with Crippen LogP contribution in [-0.4, -0.2) is 19.1 Å². The molecule has 0 unspecified atom stereocenters. The fourth-order valence-electron chi connectivity index (χ4n) is 1.77. The van der Waals surface area contributed by atoms with E-state index in [4.69, 9.17) is 11.6 Å². The molecule has 0 aliphatic carbocycles. The first-order chi connectivity index (χ1) is 8.69. The van der Waals surface area contributed by atoms with Gasteiger partial charge in [0.1, 0.15) is 11.6 Å². The third kappa shape index (κ3) is 3.14. The van der Waals surface area contributed by atoms with Crippen LogP contribution in [0.4, 0.5) is 11.6 Å². The van der Waals surface area contributed by atoms with Crippen LogP contribution in [0.25, 0.3) is 0 Å². The van der Waals surface area contributed by atoms with Gasteiger partial charge >= 0.3 is 0 Å². The number of halogens is 1. The van der Waals surface area contributed by atoms with Crippen LogP contribution in [0, 0.1) is 0 Å². The predicted octanol–water partition coefficient (Wildman–Crippen LogP) is 3.41. The van der Waals surface area contributed by atoms with E-state index in [1.165, 1.54) is 5.56 Å². The molecule has 1 heterocycles. The van der Waals surface area contributed by atoms with Crippen LogP contribution in [-0.2, 0) is 6.54 Å². The molecule has 2 aromatic rings. The zero-order chi connectivity index (χ0) is 13.0. The molecule has 4 heteroatoms. The first kappa shape index (κ1) is 12.7. The molecule has 3 nitrogen and oxygen atoms in total. The van der Waals surface area contributed by atoms with E-state index in [1.807, 2.05) is 50.5 Å². The second-order valence-corrected chi connectivity index (χ2v) is 4.55. The topological polar surface area (TPSA) is 28.2 Å². The summed E-state index contributed by atoms with van der Waals surface area (Å²) < 4.78 is 0. The van der Waals surface area contributed by atoms with Crippen molar-refractivity contribution in [2.75, 3.05) is 24.3 Å². The molecular formula is C14H16ClN3. The van der Waals surface area contributed by atoms with Crippen molar-refractivity contribution in [3.8, 4) is 0 Å². The maximum Gasteiger partial charge on any atom is 0.130 e. The molecule has 0 saturated heterocycles. The lowest BCUT2D eigenvalue weighted by Crippen LogP contribution is -2.17. The molecule has 1 aromatic carbocycles. The van der Waals surface area contributed by atoms with Crippen molar-refractivity contribution in [3.05, 3.63) is 53.1 Å². The van der Waals surface area contributed by atoms with Crippen LogP contribution in [0.1, 0.15) is 5.56 Å². The van der Waals surface area contributed by atoms with Crippen LogP contribution in [0.2, 0.25) is 5.02 Å². The van der Waals surface area contributed by atoms with Crippen molar-refractivity contribution in [1.82, 2.24) is 4.98 Å². The molecule has 0 saturated carbocycles. The average molecular weight is 262 g/mol. The average Bonchev–Trinajstić information content (AvgIpc) is 2.39. The van der Waals surface area contributed by atoms with Gasteiger partial charge < -0.3 is 10.2 Å². The SMILES string of the molecule is CNc1cccc(N(C)Cc2cccc(Cl)c2)n1. The predicted molar refractivity (Wildman–Crippen MR) is 77.3 cm³/mol. The largest absolute Gasteiger partial charge is 0.373 e. The second-order valence-electron chi connectivity index (χ2n) is 4.12. The number of anilines is 2. The number of nitrogens with zero attached hydrogens (tertiary/aromatic N) is 2. The number of aromatic nitrogens is 1. The molecule has 1 aromatic heterocycles. The van der Waals surface area contributed by atoms with Crippen molar-refractivity contribution in [2.24, 2.45) is 0 Å². The van der Waals surface area contributed by atoms with Crippen LogP contribution >= 0.6 is 11.6 Å². The van der Waals surface area contributed by atoms with Gasteiger partial charge in [-0.2, -0.15) is 0 Å². The van der Waals surface area contributed by atoms with Gasteiger partial charge in [-0.15, -0.1) is 0 Å². The number of benzene rings is 1. The van der Waals surface area contributed by atoms with E-state index in [1.54, 1.807) is 0 Å². The number of hydrogen-bond donors (Lipinski definition) is 1. The summed E-state index contributed by atoms with van der Waals surface area (Å²) in [7, 11) is 3.88. The smallest absolute Gasteiger partial charge is 0.130 e. The molecule has 0 spiro atoms. The van der Waals surface area contributed by atoms with Gasteiger partial charge in [0, 0.05) is 25.7 Å². The van der Waals surface area contributed by atoms with E-state index in [9.17, 15) is 0 Å². The normalized spacial score (nSPS) is 10.2. The summed E-state index contributed by atoms with van der Waals surface area (Å²) in [5.74, 6) is 1.80. The van der Waals surface area contributed by atoms with Crippen molar-refractivity contribution in [2.45, 2.75) is 6.54 Å². The summed E-state index contributed by atoms with van der Waals surface area (Å²) >= 11 is 5.98. The van der Waals surface area contributed by atoms with Gasteiger partial charge in [0.25, 0.3) is 0 Å². The van der Waals surface area contributed by atoms with Gasteiger partial charge in [0.05, 0.1) is 0 Å². The monoisotopic (exact) mass is 261 g/mol. The third-order valence-electron chi connectivity index (χ3n) is 2.69. The van der Waals surface area contributed by atoms with E-state index in [-0.39, 0.29) is 0 Å². The Bertz CT molecular complexity index is 528. The first-order valence-electron chi connectivity index (χ1n) is 5.79. The minimum Gasteiger partial charge on any atom is -0.373 e. The summed E-state index contributed by atoms with van der Waals surface area (Å²) in [5.41, 5.74) is 1.17. The van der Waals surface area contributed by atoms with Crippen LogP contribution in [0.15, 0.2) is 42.5 Å². The lowest BCUT2D eigenvalue weighted by molar-refractivity contribution is 0.899. The molecule has 2 rings (SSSR count). The molecule has 0 aliphatic rings. The van der Waals surface area contributed by atoms with Crippen LogP contribution < -0.4 is 10.2 Å². The fourth-order valence-corrected chi connectivity index (χ4v) is 1.98. The first-order valence-corrected chi connectivity index (χ1v) is 6.17. The molecule has 0 atom stereocenters. The van der Waals surface area contributed by atoms with Gasteiger partial charge in [-0.3, -0.25) is 0 Å². The third-order valence-corrected chi connectivity index (χ3v) is 2.93. The van der Waals surface area contributed by atoms with Gasteiger partial charge in [0.15, 0.2) is 0 Å². The van der Waals surface area contributed by atoms with Crippen molar-refractivity contribution >= 4 is 23.2 Å². The molecule has 1 N–H and O–H groups in total. The molecule has 0 radical (unpaired) electrons. The fraction of sp³-hybridized carbons (Fsp3) is 0.214.